The molecule has 0 heterocycles. The molecule has 0 bridgehead atoms. The highest BCUT2D eigenvalue weighted by Crippen LogP contribution is 2.06. The van der Waals surface area contributed by atoms with E-state index < -0.39 is 0 Å². The van der Waals surface area contributed by atoms with Crippen LogP contribution in [0.2, 0.25) is 0 Å². The summed E-state index contributed by atoms with van der Waals surface area (Å²) in [6, 6.07) is 0. The van der Waals surface area contributed by atoms with Gasteiger partial charge in [-0.25, -0.2) is 0 Å². The van der Waals surface area contributed by atoms with Crippen molar-refractivity contribution in [3.05, 3.63) is 23.3 Å². The quantitative estimate of drug-likeness (QED) is 0.495. The van der Waals surface area contributed by atoms with Gasteiger partial charge in [0.1, 0.15) is 0 Å². The fraction of sp³-hybridized carbons (Fsp3) is 0.692. The maximum absolute atomic E-state index is 8.68. The van der Waals surface area contributed by atoms with Crippen LogP contribution in [-0.4, -0.2) is 24.9 Å². The molecule has 2 nitrogen and oxygen atoms in total. The number of allylic oxidation sites excluding steroid dienone is 2. The lowest BCUT2D eigenvalue weighted by molar-refractivity contribution is 0.156. The van der Waals surface area contributed by atoms with E-state index in [1.807, 2.05) is 13.0 Å². The molecule has 2 heteroatoms. The van der Waals surface area contributed by atoms with Crippen molar-refractivity contribution in [2.24, 2.45) is 0 Å². The minimum atomic E-state index is 0.147. The van der Waals surface area contributed by atoms with Crippen LogP contribution < -0.4 is 0 Å². The highest BCUT2D eigenvalue weighted by molar-refractivity contribution is 5.03. The minimum absolute atomic E-state index is 0.147. The van der Waals surface area contributed by atoms with Crippen LogP contribution in [-0.2, 0) is 4.74 Å². The number of rotatable bonds is 8. The van der Waals surface area contributed by atoms with Crippen LogP contribution in [0.5, 0.6) is 0 Å². The first-order chi connectivity index (χ1) is 7.20. The van der Waals surface area contributed by atoms with E-state index >= 15 is 0 Å². The van der Waals surface area contributed by atoms with Gasteiger partial charge >= 0.3 is 0 Å². The van der Waals surface area contributed by atoms with Crippen molar-refractivity contribution in [1.82, 2.24) is 0 Å². The second-order valence-corrected chi connectivity index (χ2v) is 3.87. The normalized spacial score (nSPS) is 13.3. The van der Waals surface area contributed by atoms with Gasteiger partial charge in [0.2, 0.25) is 0 Å². The molecule has 0 saturated heterocycles. The van der Waals surface area contributed by atoms with Crippen LogP contribution in [0.15, 0.2) is 23.3 Å². The van der Waals surface area contributed by atoms with Crippen LogP contribution in [0.3, 0.4) is 0 Å². The summed E-state index contributed by atoms with van der Waals surface area (Å²) >= 11 is 0. The lowest BCUT2D eigenvalue weighted by Gasteiger charge is -2.03. The van der Waals surface area contributed by atoms with Crippen molar-refractivity contribution in [3.63, 3.8) is 0 Å². The average Bonchev–Trinajstić information content (AvgIpc) is 2.18. The molecule has 0 aromatic heterocycles. The van der Waals surface area contributed by atoms with Gasteiger partial charge in [-0.3, -0.25) is 0 Å². The number of hydrogen-bond acceptors (Lipinski definition) is 2. The van der Waals surface area contributed by atoms with E-state index in [0.717, 1.165) is 32.5 Å². The van der Waals surface area contributed by atoms with Gasteiger partial charge in [-0.05, 0) is 33.1 Å². The fourth-order valence-electron chi connectivity index (χ4n) is 1.24. The molecule has 0 aliphatic rings. The second kappa shape index (κ2) is 9.94. The molecule has 0 atom stereocenters. The smallest absolute Gasteiger partial charge is 0.0674 e. The van der Waals surface area contributed by atoms with Gasteiger partial charge in [0.05, 0.1) is 13.2 Å². The lowest BCUT2D eigenvalue weighted by Crippen LogP contribution is -1.96. The number of aliphatic hydroxyl groups is 1. The Labute approximate surface area is 93.6 Å². The minimum Gasteiger partial charge on any atom is -0.392 e. The number of hydrogen-bond donors (Lipinski definition) is 1. The summed E-state index contributed by atoms with van der Waals surface area (Å²) in [5.74, 6) is 0. The van der Waals surface area contributed by atoms with Crippen molar-refractivity contribution >= 4 is 0 Å². The monoisotopic (exact) mass is 212 g/mol. The molecule has 88 valence electrons. The van der Waals surface area contributed by atoms with Crippen LogP contribution in [0.25, 0.3) is 0 Å². The molecule has 0 rings (SSSR count). The zero-order valence-electron chi connectivity index (χ0n) is 10.3. The van der Waals surface area contributed by atoms with Crippen LogP contribution in [0, 0.1) is 0 Å². The molecule has 0 amide bonds. The van der Waals surface area contributed by atoms with Crippen molar-refractivity contribution in [2.75, 3.05) is 19.8 Å². The molecule has 15 heavy (non-hydrogen) atoms. The summed E-state index contributed by atoms with van der Waals surface area (Å²) < 4.78 is 5.43. The van der Waals surface area contributed by atoms with Crippen molar-refractivity contribution in [3.8, 4) is 0 Å². The topological polar surface area (TPSA) is 29.5 Å². The van der Waals surface area contributed by atoms with E-state index in [1.54, 1.807) is 0 Å². The molecule has 0 spiro atoms. The van der Waals surface area contributed by atoms with Crippen LogP contribution in [0.1, 0.15) is 40.0 Å². The Balaban J connectivity index is 3.62. The largest absolute Gasteiger partial charge is 0.392 e. The zero-order chi connectivity index (χ0) is 11.5. The SMILES string of the molecule is CCCOC/C(C)=C/CC/C(C)=C/CO. The summed E-state index contributed by atoms with van der Waals surface area (Å²) in [6.07, 6.45) is 7.20. The van der Waals surface area contributed by atoms with Crippen molar-refractivity contribution in [2.45, 2.75) is 40.0 Å². The summed E-state index contributed by atoms with van der Waals surface area (Å²) in [4.78, 5) is 0. The highest BCUT2D eigenvalue weighted by atomic mass is 16.5. The van der Waals surface area contributed by atoms with E-state index in [-0.39, 0.29) is 6.61 Å². The first kappa shape index (κ1) is 14.4. The summed E-state index contributed by atoms with van der Waals surface area (Å²) in [5, 5.41) is 8.68. The van der Waals surface area contributed by atoms with Gasteiger partial charge in [0, 0.05) is 6.61 Å². The summed E-state index contributed by atoms with van der Waals surface area (Å²) in [6.45, 7) is 8.00. The zero-order valence-corrected chi connectivity index (χ0v) is 10.3. The third-order valence-electron chi connectivity index (χ3n) is 2.15. The first-order valence-electron chi connectivity index (χ1n) is 5.70. The molecule has 0 aliphatic carbocycles. The molecule has 0 aromatic carbocycles. The Morgan fingerprint density at radius 2 is 1.93 bits per heavy atom. The van der Waals surface area contributed by atoms with Gasteiger partial charge in [0.15, 0.2) is 0 Å². The molecular weight excluding hydrogens is 188 g/mol. The van der Waals surface area contributed by atoms with E-state index in [1.165, 1.54) is 11.1 Å². The Hall–Kier alpha value is -0.600. The van der Waals surface area contributed by atoms with Crippen molar-refractivity contribution in [1.29, 1.82) is 0 Å². The van der Waals surface area contributed by atoms with Crippen molar-refractivity contribution < 1.29 is 9.84 Å². The Morgan fingerprint density at radius 3 is 2.53 bits per heavy atom. The molecule has 0 aromatic rings. The second-order valence-electron chi connectivity index (χ2n) is 3.87. The highest BCUT2D eigenvalue weighted by Gasteiger charge is 1.91. The third-order valence-corrected chi connectivity index (χ3v) is 2.15. The van der Waals surface area contributed by atoms with Gasteiger partial charge in [-0.2, -0.15) is 0 Å². The molecule has 0 radical (unpaired) electrons. The molecule has 0 aliphatic heterocycles. The average molecular weight is 212 g/mol. The number of ether oxygens (including phenoxy) is 1. The van der Waals surface area contributed by atoms with E-state index in [9.17, 15) is 0 Å². The van der Waals surface area contributed by atoms with Gasteiger partial charge in [-0.1, -0.05) is 30.2 Å². The maximum atomic E-state index is 8.68. The molecule has 1 N–H and O–H groups in total. The summed E-state index contributed by atoms with van der Waals surface area (Å²) in [5.41, 5.74) is 2.54. The maximum Gasteiger partial charge on any atom is 0.0674 e. The molecule has 0 unspecified atom stereocenters. The predicted octanol–water partition coefficient (Wildman–Crippen LogP) is 3.08. The van der Waals surface area contributed by atoms with Gasteiger partial charge in [-0.15, -0.1) is 0 Å². The van der Waals surface area contributed by atoms with E-state index in [0.29, 0.717) is 0 Å². The Kier molecular flexibility index (Phi) is 9.54. The van der Waals surface area contributed by atoms with E-state index in [4.69, 9.17) is 9.84 Å². The third kappa shape index (κ3) is 9.70. The predicted molar refractivity (Wildman–Crippen MR) is 64.9 cm³/mol. The van der Waals surface area contributed by atoms with Gasteiger partial charge < -0.3 is 9.84 Å². The van der Waals surface area contributed by atoms with Crippen LogP contribution >= 0.6 is 0 Å². The van der Waals surface area contributed by atoms with Crippen LogP contribution in [0.4, 0.5) is 0 Å². The van der Waals surface area contributed by atoms with Gasteiger partial charge in [0.25, 0.3) is 0 Å². The Bertz CT molecular complexity index is 205. The molecular formula is C13H24O2. The lowest BCUT2D eigenvalue weighted by atomic mass is 10.1. The number of aliphatic hydroxyl groups excluding tert-OH is 1. The van der Waals surface area contributed by atoms with E-state index in [2.05, 4.69) is 19.9 Å². The standard InChI is InChI=1S/C13H24O2/c1-4-10-15-11-13(3)7-5-6-12(2)8-9-14/h7-8,14H,4-6,9-11H2,1-3H3/b12-8+,13-7+. The summed E-state index contributed by atoms with van der Waals surface area (Å²) in [7, 11) is 0. The fourth-order valence-corrected chi connectivity index (χ4v) is 1.24. The Morgan fingerprint density at radius 1 is 1.20 bits per heavy atom. The first-order valence-corrected chi connectivity index (χ1v) is 5.70. The molecule has 0 fully saturated rings. The molecule has 0 saturated carbocycles.